The summed E-state index contributed by atoms with van der Waals surface area (Å²) in [6.45, 7) is 7.14. The van der Waals surface area contributed by atoms with Crippen molar-refractivity contribution in [3.63, 3.8) is 0 Å². The lowest BCUT2D eigenvalue weighted by Crippen LogP contribution is -2.44. The fraction of sp³-hybridized carbons (Fsp3) is 0.571. The summed E-state index contributed by atoms with van der Waals surface area (Å²) >= 11 is 0. The topological polar surface area (TPSA) is 63.4 Å². The highest BCUT2D eigenvalue weighted by molar-refractivity contribution is 7.89. The van der Waals surface area contributed by atoms with Gasteiger partial charge in [-0.05, 0) is 44.9 Å². The number of hydrogen-bond acceptors (Lipinski definition) is 3. The minimum Gasteiger partial charge on any atom is -0.326 e. The first-order chi connectivity index (χ1) is 9.07. The molecule has 0 aliphatic rings. The molecule has 0 saturated carbocycles. The standard InChI is InChI=1S/C14H23FN2O2S/c1-6-14(3,4)17(5)20(18,19)12-7-10(2)13(15)11(8-12)9-16/h7-8H,6,9,16H2,1-5H3. The van der Waals surface area contributed by atoms with Gasteiger partial charge in [-0.2, -0.15) is 4.31 Å². The van der Waals surface area contributed by atoms with Gasteiger partial charge in [-0.25, -0.2) is 12.8 Å². The number of aryl methyl sites for hydroxylation is 1. The van der Waals surface area contributed by atoms with E-state index in [9.17, 15) is 12.8 Å². The highest BCUT2D eigenvalue weighted by atomic mass is 32.2. The maximum atomic E-state index is 13.8. The normalized spacial score (nSPS) is 13.0. The van der Waals surface area contributed by atoms with E-state index in [0.717, 1.165) is 0 Å². The second-order valence-electron chi connectivity index (χ2n) is 5.56. The summed E-state index contributed by atoms with van der Waals surface area (Å²) in [6.07, 6.45) is 0.673. The minimum atomic E-state index is -3.67. The zero-order valence-corrected chi connectivity index (χ0v) is 13.5. The van der Waals surface area contributed by atoms with Crippen LogP contribution in [0.25, 0.3) is 0 Å². The molecule has 0 radical (unpaired) electrons. The molecule has 1 aromatic carbocycles. The largest absolute Gasteiger partial charge is 0.326 e. The van der Waals surface area contributed by atoms with Gasteiger partial charge in [0.2, 0.25) is 10.0 Å². The number of sulfonamides is 1. The summed E-state index contributed by atoms with van der Waals surface area (Å²) in [5.41, 5.74) is 5.46. The molecule has 0 fully saturated rings. The number of rotatable bonds is 5. The lowest BCUT2D eigenvalue weighted by atomic mass is 10.0. The SMILES string of the molecule is CCC(C)(C)N(C)S(=O)(=O)c1cc(C)c(F)c(CN)c1. The summed E-state index contributed by atoms with van der Waals surface area (Å²) in [5.74, 6) is -0.441. The Hall–Kier alpha value is -0.980. The maximum Gasteiger partial charge on any atom is 0.243 e. The van der Waals surface area contributed by atoms with E-state index in [1.807, 2.05) is 20.8 Å². The second-order valence-corrected chi connectivity index (χ2v) is 7.53. The monoisotopic (exact) mass is 302 g/mol. The smallest absolute Gasteiger partial charge is 0.243 e. The molecule has 20 heavy (non-hydrogen) atoms. The molecule has 4 nitrogen and oxygen atoms in total. The number of hydrogen-bond donors (Lipinski definition) is 1. The first kappa shape index (κ1) is 17.1. The highest BCUT2D eigenvalue weighted by Gasteiger charge is 2.33. The Morgan fingerprint density at radius 3 is 2.35 bits per heavy atom. The molecule has 0 aliphatic heterocycles. The van der Waals surface area contributed by atoms with E-state index >= 15 is 0 Å². The molecule has 1 rings (SSSR count). The minimum absolute atomic E-state index is 0.0308. The summed E-state index contributed by atoms with van der Waals surface area (Å²) in [6, 6.07) is 2.67. The van der Waals surface area contributed by atoms with Crippen LogP contribution in [0, 0.1) is 12.7 Å². The molecule has 0 unspecified atom stereocenters. The average molecular weight is 302 g/mol. The van der Waals surface area contributed by atoms with Crippen LogP contribution in [0.5, 0.6) is 0 Å². The van der Waals surface area contributed by atoms with E-state index in [1.165, 1.54) is 16.4 Å². The van der Waals surface area contributed by atoms with Gasteiger partial charge < -0.3 is 5.73 Å². The molecule has 0 saturated heterocycles. The number of benzene rings is 1. The zero-order valence-electron chi connectivity index (χ0n) is 12.7. The Kier molecular flexibility index (Phi) is 4.94. The van der Waals surface area contributed by atoms with Gasteiger partial charge in [-0.15, -0.1) is 0 Å². The van der Waals surface area contributed by atoms with Crippen LogP contribution in [0.2, 0.25) is 0 Å². The Morgan fingerprint density at radius 2 is 1.90 bits per heavy atom. The molecule has 0 atom stereocenters. The van der Waals surface area contributed by atoms with Gasteiger partial charge in [0.15, 0.2) is 0 Å². The van der Waals surface area contributed by atoms with Crippen LogP contribution in [0.4, 0.5) is 4.39 Å². The van der Waals surface area contributed by atoms with Gasteiger partial charge in [0.05, 0.1) is 4.90 Å². The van der Waals surface area contributed by atoms with Crippen molar-refractivity contribution in [2.24, 2.45) is 5.73 Å². The predicted molar refractivity (Wildman–Crippen MR) is 78.3 cm³/mol. The van der Waals surface area contributed by atoms with Crippen LogP contribution in [0.3, 0.4) is 0 Å². The maximum absolute atomic E-state index is 13.8. The molecule has 0 amide bonds. The Bertz CT molecular complexity index is 597. The Morgan fingerprint density at radius 1 is 1.35 bits per heavy atom. The number of nitrogens with zero attached hydrogens (tertiary/aromatic N) is 1. The molecule has 114 valence electrons. The molecule has 0 heterocycles. The van der Waals surface area contributed by atoms with E-state index in [1.54, 1.807) is 14.0 Å². The van der Waals surface area contributed by atoms with Crippen molar-refractivity contribution in [2.75, 3.05) is 7.05 Å². The second kappa shape index (κ2) is 5.79. The third-order valence-corrected chi connectivity index (χ3v) is 5.95. The quantitative estimate of drug-likeness (QED) is 0.908. The van der Waals surface area contributed by atoms with Gasteiger partial charge in [0, 0.05) is 24.7 Å². The highest BCUT2D eigenvalue weighted by Crippen LogP contribution is 2.27. The third kappa shape index (κ3) is 3.02. The van der Waals surface area contributed by atoms with Crippen LogP contribution in [-0.4, -0.2) is 25.3 Å². The van der Waals surface area contributed by atoms with Gasteiger partial charge in [0.25, 0.3) is 0 Å². The van der Waals surface area contributed by atoms with Crippen molar-refractivity contribution >= 4 is 10.0 Å². The van der Waals surface area contributed by atoms with Crippen LogP contribution >= 0.6 is 0 Å². The third-order valence-electron chi connectivity index (χ3n) is 3.90. The molecule has 2 N–H and O–H groups in total. The molecular weight excluding hydrogens is 279 g/mol. The zero-order chi connectivity index (χ0) is 15.7. The average Bonchev–Trinajstić information content (AvgIpc) is 2.40. The van der Waals surface area contributed by atoms with Gasteiger partial charge >= 0.3 is 0 Å². The van der Waals surface area contributed by atoms with Gasteiger partial charge in [-0.1, -0.05) is 6.92 Å². The van der Waals surface area contributed by atoms with Crippen molar-refractivity contribution in [3.05, 3.63) is 29.1 Å². The van der Waals surface area contributed by atoms with Crippen molar-refractivity contribution in [3.8, 4) is 0 Å². The molecule has 0 aliphatic carbocycles. The Balaban J connectivity index is 3.40. The van der Waals surface area contributed by atoms with E-state index in [2.05, 4.69) is 0 Å². The molecule has 0 spiro atoms. The fourth-order valence-corrected chi connectivity index (χ4v) is 3.52. The van der Waals surface area contributed by atoms with Crippen LogP contribution < -0.4 is 5.73 Å². The lowest BCUT2D eigenvalue weighted by molar-refractivity contribution is 0.257. The van der Waals surface area contributed by atoms with E-state index in [0.29, 0.717) is 6.42 Å². The molecular formula is C14H23FN2O2S. The van der Waals surface area contributed by atoms with Crippen molar-refractivity contribution in [1.29, 1.82) is 0 Å². The summed E-state index contributed by atoms with van der Waals surface area (Å²) in [7, 11) is -2.13. The lowest BCUT2D eigenvalue weighted by Gasteiger charge is -2.33. The van der Waals surface area contributed by atoms with E-state index in [-0.39, 0.29) is 22.6 Å². The van der Waals surface area contributed by atoms with Crippen molar-refractivity contribution < 1.29 is 12.8 Å². The van der Waals surface area contributed by atoms with Crippen molar-refractivity contribution in [2.45, 2.75) is 51.1 Å². The summed E-state index contributed by atoms with van der Waals surface area (Å²) < 4.78 is 40.4. The van der Waals surface area contributed by atoms with Crippen molar-refractivity contribution in [1.82, 2.24) is 4.31 Å². The Labute approximate surface area is 120 Å². The first-order valence-corrected chi connectivity index (χ1v) is 8.00. The first-order valence-electron chi connectivity index (χ1n) is 6.56. The van der Waals surface area contributed by atoms with Gasteiger partial charge in [-0.3, -0.25) is 0 Å². The summed E-state index contributed by atoms with van der Waals surface area (Å²) in [5, 5.41) is 0. The molecule has 1 aromatic rings. The fourth-order valence-electron chi connectivity index (χ4n) is 1.81. The van der Waals surface area contributed by atoms with E-state index < -0.39 is 21.4 Å². The number of halogens is 1. The molecule has 0 aromatic heterocycles. The number of nitrogens with two attached hydrogens (primary N) is 1. The van der Waals surface area contributed by atoms with Crippen LogP contribution in [0.1, 0.15) is 38.3 Å². The van der Waals surface area contributed by atoms with Crippen LogP contribution in [-0.2, 0) is 16.6 Å². The summed E-state index contributed by atoms with van der Waals surface area (Å²) in [4.78, 5) is 0.0841. The molecule has 0 bridgehead atoms. The molecule has 6 heteroatoms. The van der Waals surface area contributed by atoms with E-state index in [4.69, 9.17) is 5.73 Å². The van der Waals surface area contributed by atoms with Crippen LogP contribution in [0.15, 0.2) is 17.0 Å². The predicted octanol–water partition coefficient (Wildman–Crippen LogP) is 2.40. The van der Waals surface area contributed by atoms with Gasteiger partial charge in [0.1, 0.15) is 5.82 Å².